The summed E-state index contributed by atoms with van der Waals surface area (Å²) < 4.78 is 16.6. The van der Waals surface area contributed by atoms with E-state index in [9.17, 15) is 14.4 Å². The molecule has 1 unspecified atom stereocenters. The fourth-order valence-electron chi connectivity index (χ4n) is 5.57. The molecular weight excluding hydrogens is 636 g/mol. The van der Waals surface area contributed by atoms with Gasteiger partial charge < -0.3 is 14.2 Å². The second kappa shape index (κ2) is 40.1. The second-order valence-electron chi connectivity index (χ2n) is 14.0. The fraction of sp³-hybridized carbons (Fsp3) is 0.756. The highest BCUT2D eigenvalue weighted by Gasteiger charge is 2.19. The third-order valence-electron chi connectivity index (χ3n) is 8.86. The molecule has 0 aliphatic carbocycles. The molecule has 0 aromatic heterocycles. The summed E-state index contributed by atoms with van der Waals surface area (Å²) in [5, 5.41) is 0. The Morgan fingerprint density at radius 3 is 1.10 bits per heavy atom. The number of carbonyl (C=O) groups excluding carboxylic acids is 3. The van der Waals surface area contributed by atoms with E-state index in [4.69, 9.17) is 14.2 Å². The predicted molar refractivity (Wildman–Crippen MR) is 215 cm³/mol. The summed E-state index contributed by atoms with van der Waals surface area (Å²) in [6.07, 6.45) is 45.2. The summed E-state index contributed by atoms with van der Waals surface area (Å²) in [6, 6.07) is 0. The number of hydrogen-bond acceptors (Lipinski definition) is 6. The first kappa shape index (κ1) is 48.4. The van der Waals surface area contributed by atoms with Crippen molar-refractivity contribution in [2.75, 3.05) is 13.2 Å². The van der Waals surface area contributed by atoms with E-state index in [2.05, 4.69) is 69.4 Å². The minimum atomic E-state index is -0.791. The number of ether oxygens (including phenoxy) is 3. The van der Waals surface area contributed by atoms with Gasteiger partial charge in [-0.3, -0.25) is 14.4 Å². The minimum Gasteiger partial charge on any atom is -0.462 e. The van der Waals surface area contributed by atoms with E-state index in [1.54, 1.807) is 0 Å². The van der Waals surface area contributed by atoms with Crippen molar-refractivity contribution in [1.29, 1.82) is 0 Å². The molecule has 0 aromatic carbocycles. The largest absolute Gasteiger partial charge is 0.462 e. The van der Waals surface area contributed by atoms with Crippen molar-refractivity contribution in [2.24, 2.45) is 0 Å². The molecule has 0 radical (unpaired) electrons. The molecule has 6 nitrogen and oxygen atoms in total. The van der Waals surface area contributed by atoms with E-state index >= 15 is 0 Å². The lowest BCUT2D eigenvalue weighted by Gasteiger charge is -2.18. The number of esters is 3. The summed E-state index contributed by atoms with van der Waals surface area (Å²) in [7, 11) is 0. The molecule has 0 saturated carbocycles. The lowest BCUT2D eigenvalue weighted by atomic mass is 10.1. The van der Waals surface area contributed by atoms with E-state index in [0.717, 1.165) is 83.5 Å². The maximum Gasteiger partial charge on any atom is 0.306 e. The van der Waals surface area contributed by atoms with Crippen LogP contribution in [0.15, 0.2) is 48.6 Å². The molecule has 0 heterocycles. The van der Waals surface area contributed by atoms with Crippen molar-refractivity contribution in [3.05, 3.63) is 48.6 Å². The van der Waals surface area contributed by atoms with Gasteiger partial charge in [0, 0.05) is 19.3 Å². The van der Waals surface area contributed by atoms with Crippen molar-refractivity contribution < 1.29 is 28.6 Å². The van der Waals surface area contributed by atoms with Gasteiger partial charge in [-0.05, 0) is 57.8 Å². The molecule has 0 aromatic rings. The van der Waals surface area contributed by atoms with Crippen LogP contribution in [0.5, 0.6) is 0 Å². The number of carbonyl (C=O) groups is 3. The molecule has 294 valence electrons. The number of rotatable bonds is 37. The lowest BCUT2D eigenvalue weighted by Crippen LogP contribution is -2.30. The van der Waals surface area contributed by atoms with Gasteiger partial charge in [-0.15, -0.1) is 0 Å². The van der Waals surface area contributed by atoms with Crippen LogP contribution in [0.4, 0.5) is 0 Å². The molecule has 1 atom stereocenters. The van der Waals surface area contributed by atoms with E-state index in [1.165, 1.54) is 77.0 Å². The number of allylic oxidation sites excluding steroid dienone is 8. The molecular formula is C45H78O6. The van der Waals surface area contributed by atoms with Gasteiger partial charge in [-0.2, -0.15) is 0 Å². The Morgan fingerprint density at radius 1 is 0.392 bits per heavy atom. The Labute approximate surface area is 314 Å². The highest BCUT2D eigenvalue weighted by atomic mass is 16.6. The zero-order valence-electron chi connectivity index (χ0n) is 33.4. The van der Waals surface area contributed by atoms with Gasteiger partial charge in [0.05, 0.1) is 0 Å². The van der Waals surface area contributed by atoms with Crippen molar-refractivity contribution in [3.8, 4) is 0 Å². The van der Waals surface area contributed by atoms with Gasteiger partial charge >= 0.3 is 17.9 Å². The Balaban J connectivity index is 4.46. The predicted octanol–water partition coefficient (Wildman–Crippen LogP) is 13.2. The molecule has 0 rings (SSSR count). The average molecular weight is 715 g/mol. The van der Waals surface area contributed by atoms with E-state index < -0.39 is 6.10 Å². The van der Waals surface area contributed by atoms with Crippen molar-refractivity contribution in [2.45, 2.75) is 207 Å². The molecule has 0 bridgehead atoms. The highest BCUT2D eigenvalue weighted by Crippen LogP contribution is 2.13. The van der Waals surface area contributed by atoms with Crippen LogP contribution in [0.2, 0.25) is 0 Å². The summed E-state index contributed by atoms with van der Waals surface area (Å²) in [6.45, 7) is 6.45. The van der Waals surface area contributed by atoms with Crippen molar-refractivity contribution in [1.82, 2.24) is 0 Å². The summed E-state index contributed by atoms with van der Waals surface area (Å²) >= 11 is 0. The Bertz CT molecular complexity index is 918. The van der Waals surface area contributed by atoms with Crippen molar-refractivity contribution in [3.63, 3.8) is 0 Å². The molecule has 0 N–H and O–H groups in total. The molecule has 0 saturated heterocycles. The first-order chi connectivity index (χ1) is 25.0. The van der Waals surface area contributed by atoms with Crippen LogP contribution in [0.3, 0.4) is 0 Å². The normalized spacial score (nSPS) is 12.5. The van der Waals surface area contributed by atoms with Gasteiger partial charge in [-0.25, -0.2) is 0 Å². The third-order valence-corrected chi connectivity index (χ3v) is 8.86. The average Bonchev–Trinajstić information content (AvgIpc) is 3.12. The molecule has 0 amide bonds. The summed E-state index contributed by atoms with van der Waals surface area (Å²) in [4.78, 5) is 37.5. The van der Waals surface area contributed by atoms with Gasteiger partial charge in [0.15, 0.2) is 6.10 Å². The van der Waals surface area contributed by atoms with Crippen LogP contribution >= 0.6 is 0 Å². The SMILES string of the molecule is CCCC/C=C\C=C/CCCCCC(=O)OCC(COC(=O)CCCCCCCCCCCCC)OC(=O)CCCCC/C=C\C=C/CCCC. The number of unbranched alkanes of at least 4 members (excludes halogenated alkanes) is 20. The van der Waals surface area contributed by atoms with Crippen LogP contribution in [-0.4, -0.2) is 37.2 Å². The van der Waals surface area contributed by atoms with E-state index in [-0.39, 0.29) is 31.1 Å². The van der Waals surface area contributed by atoms with Gasteiger partial charge in [0.1, 0.15) is 13.2 Å². The van der Waals surface area contributed by atoms with Crippen molar-refractivity contribution >= 4 is 17.9 Å². The van der Waals surface area contributed by atoms with Crippen LogP contribution in [-0.2, 0) is 28.6 Å². The monoisotopic (exact) mass is 715 g/mol. The quantitative estimate of drug-likeness (QED) is 0.0276. The third kappa shape index (κ3) is 38.4. The minimum absolute atomic E-state index is 0.0916. The smallest absolute Gasteiger partial charge is 0.306 e. The van der Waals surface area contributed by atoms with E-state index in [0.29, 0.717) is 19.3 Å². The van der Waals surface area contributed by atoms with Crippen LogP contribution in [0.1, 0.15) is 201 Å². The van der Waals surface area contributed by atoms with E-state index in [1.807, 2.05) is 0 Å². The zero-order chi connectivity index (χ0) is 37.3. The summed E-state index contributed by atoms with van der Waals surface area (Å²) in [5.41, 5.74) is 0. The molecule has 0 aliphatic heterocycles. The van der Waals surface area contributed by atoms with Gasteiger partial charge in [-0.1, -0.05) is 172 Å². The summed E-state index contributed by atoms with van der Waals surface area (Å²) in [5.74, 6) is -0.955. The molecule has 0 aliphatic rings. The fourth-order valence-corrected chi connectivity index (χ4v) is 5.57. The Hall–Kier alpha value is -2.63. The molecule has 6 heteroatoms. The first-order valence-electron chi connectivity index (χ1n) is 21.2. The van der Waals surface area contributed by atoms with Crippen LogP contribution < -0.4 is 0 Å². The topological polar surface area (TPSA) is 78.9 Å². The molecule has 0 spiro atoms. The molecule has 0 fully saturated rings. The first-order valence-corrected chi connectivity index (χ1v) is 21.2. The number of hydrogen-bond donors (Lipinski definition) is 0. The Kier molecular flexibility index (Phi) is 38.1. The lowest BCUT2D eigenvalue weighted by molar-refractivity contribution is -0.167. The zero-order valence-corrected chi connectivity index (χ0v) is 33.4. The maximum atomic E-state index is 12.6. The molecule has 51 heavy (non-hydrogen) atoms. The standard InChI is InChI=1S/C45H78O6/c1-4-7-10-13-16-19-22-25-28-31-34-37-43(46)49-40-42(51-45(48)39-36-33-30-27-24-21-18-15-12-9-6-3)41-50-44(47)38-35-32-29-26-23-20-17-14-11-8-5-2/h13,15-16,18-19,21-22,24,42H,4-12,14,17,20,23,25-41H2,1-3H3/b16-13-,18-15-,22-19-,24-21-. The van der Waals surface area contributed by atoms with Gasteiger partial charge in [0.2, 0.25) is 0 Å². The van der Waals surface area contributed by atoms with Crippen LogP contribution in [0.25, 0.3) is 0 Å². The second-order valence-corrected chi connectivity index (χ2v) is 14.0. The van der Waals surface area contributed by atoms with Gasteiger partial charge in [0.25, 0.3) is 0 Å². The van der Waals surface area contributed by atoms with Crippen LogP contribution in [0, 0.1) is 0 Å². The maximum absolute atomic E-state index is 12.6. The highest BCUT2D eigenvalue weighted by molar-refractivity contribution is 5.71. The Morgan fingerprint density at radius 2 is 0.706 bits per heavy atom.